The number of anilines is 1. The molecule has 0 aromatic carbocycles. The van der Waals surface area contributed by atoms with E-state index in [-0.39, 0.29) is 34.3 Å². The smallest absolute Gasteiger partial charge is 0.410 e. The molecule has 2 amide bonds. The van der Waals surface area contributed by atoms with E-state index < -0.39 is 11.6 Å². The molecule has 1 saturated heterocycles. The van der Waals surface area contributed by atoms with Crippen molar-refractivity contribution < 1.29 is 24.2 Å². The zero-order valence-corrected chi connectivity index (χ0v) is 24.2. The average molecular weight is 531 g/mol. The summed E-state index contributed by atoms with van der Waals surface area (Å²) < 4.78 is 5.53. The minimum Gasteiger partial charge on any atom is -0.477 e. The highest BCUT2D eigenvalue weighted by atomic mass is 32.1. The fourth-order valence-electron chi connectivity index (χ4n) is 4.86. The van der Waals surface area contributed by atoms with Crippen LogP contribution in [0.5, 0.6) is 0 Å². The van der Waals surface area contributed by atoms with Gasteiger partial charge in [0.1, 0.15) is 10.5 Å². The highest BCUT2D eigenvalue weighted by Gasteiger charge is 2.38. The normalized spacial score (nSPS) is 21.1. The van der Waals surface area contributed by atoms with Crippen molar-refractivity contribution in [1.82, 2.24) is 4.90 Å². The Balaban J connectivity index is 1.92. The van der Waals surface area contributed by atoms with Gasteiger partial charge in [0.05, 0.1) is 10.6 Å². The minimum absolute atomic E-state index is 0.00162. The zero-order valence-electron chi connectivity index (χ0n) is 23.3. The first-order chi connectivity index (χ1) is 17.1. The number of thiophene rings is 1. The van der Waals surface area contributed by atoms with Gasteiger partial charge in [0.2, 0.25) is 5.91 Å². The molecule has 1 aliphatic heterocycles. The Bertz CT molecular complexity index is 1050. The van der Waals surface area contributed by atoms with Crippen molar-refractivity contribution >= 4 is 35.0 Å². The number of nitrogens with zero attached hydrogens (tertiary/aromatic N) is 2. The molecule has 2 aliphatic rings. The molecule has 1 aromatic rings. The van der Waals surface area contributed by atoms with Crippen LogP contribution in [0.25, 0.3) is 0 Å². The Morgan fingerprint density at radius 3 is 2.14 bits per heavy atom. The molecule has 0 bridgehead atoms. The van der Waals surface area contributed by atoms with Crippen LogP contribution in [0.4, 0.5) is 10.5 Å². The first-order valence-corrected chi connectivity index (χ1v) is 14.2. The molecule has 0 unspecified atom stereocenters. The standard InChI is InChI=1S/C29H42N2O5S/c1-19-8-10-20(11-9-19)25(32)31(21-13-16-30(17-14-21)27(35)36-29(5,6)7)23-18-22(12-15-28(2,3)4)37-24(23)26(33)34/h18-21H,8-11,13-14,16-17H2,1-7H3,(H,33,34). The van der Waals surface area contributed by atoms with Gasteiger partial charge < -0.3 is 19.6 Å². The minimum atomic E-state index is -1.05. The molecule has 8 heteroatoms. The number of rotatable bonds is 4. The van der Waals surface area contributed by atoms with Crippen molar-refractivity contribution in [2.75, 3.05) is 18.0 Å². The third kappa shape index (κ3) is 7.98. The van der Waals surface area contributed by atoms with Gasteiger partial charge in [0.25, 0.3) is 0 Å². The second-order valence-electron chi connectivity index (χ2n) is 12.5. The Morgan fingerprint density at radius 1 is 1.03 bits per heavy atom. The van der Waals surface area contributed by atoms with E-state index in [1.807, 2.05) is 41.5 Å². The molecule has 1 saturated carbocycles. The number of carbonyl (C=O) groups excluding carboxylic acids is 2. The highest BCUT2D eigenvalue weighted by molar-refractivity contribution is 7.15. The summed E-state index contributed by atoms with van der Waals surface area (Å²) in [4.78, 5) is 43.1. The molecule has 0 radical (unpaired) electrons. The fraction of sp³-hybridized carbons (Fsp3) is 0.690. The molecule has 1 aromatic heterocycles. The quantitative estimate of drug-likeness (QED) is 0.455. The third-order valence-corrected chi connectivity index (χ3v) is 7.84. The van der Waals surface area contributed by atoms with E-state index in [0.717, 1.165) is 37.0 Å². The summed E-state index contributed by atoms with van der Waals surface area (Å²) in [5.41, 5.74) is -0.364. The van der Waals surface area contributed by atoms with Crippen molar-refractivity contribution in [3.63, 3.8) is 0 Å². The van der Waals surface area contributed by atoms with Gasteiger partial charge in [-0.2, -0.15) is 0 Å². The summed E-state index contributed by atoms with van der Waals surface area (Å²) in [5, 5.41) is 10.1. The number of amides is 2. The fourth-order valence-corrected chi connectivity index (χ4v) is 5.70. The number of hydrogen-bond acceptors (Lipinski definition) is 5. The molecule has 1 aliphatic carbocycles. The highest BCUT2D eigenvalue weighted by Crippen LogP contribution is 2.38. The monoisotopic (exact) mass is 530 g/mol. The van der Waals surface area contributed by atoms with E-state index in [1.54, 1.807) is 15.9 Å². The Kier molecular flexibility index (Phi) is 9.00. The number of ether oxygens (including phenoxy) is 1. The number of hydrogen-bond donors (Lipinski definition) is 1. The molecule has 37 heavy (non-hydrogen) atoms. The van der Waals surface area contributed by atoms with Gasteiger partial charge in [-0.25, -0.2) is 9.59 Å². The number of piperidine rings is 1. The molecule has 0 atom stereocenters. The lowest BCUT2D eigenvalue weighted by atomic mass is 9.82. The summed E-state index contributed by atoms with van der Waals surface area (Å²) in [6.07, 6.45) is 4.40. The predicted octanol–water partition coefficient (Wildman–Crippen LogP) is 6.40. The van der Waals surface area contributed by atoms with Crippen LogP contribution < -0.4 is 4.90 Å². The molecular formula is C29H42N2O5S. The first-order valence-electron chi connectivity index (χ1n) is 13.4. The van der Waals surface area contributed by atoms with E-state index in [1.165, 1.54) is 0 Å². The number of aromatic carboxylic acids is 1. The Morgan fingerprint density at radius 2 is 1.62 bits per heavy atom. The Labute approximate surface area is 225 Å². The molecule has 2 heterocycles. The number of carbonyl (C=O) groups is 3. The second-order valence-corrected chi connectivity index (χ2v) is 13.5. The topological polar surface area (TPSA) is 87.2 Å². The third-order valence-electron chi connectivity index (χ3n) is 6.81. The van der Waals surface area contributed by atoms with Gasteiger partial charge in [-0.15, -0.1) is 11.3 Å². The summed E-state index contributed by atoms with van der Waals surface area (Å²) in [6.45, 7) is 14.7. The van der Waals surface area contributed by atoms with Crippen LogP contribution in [0.15, 0.2) is 6.07 Å². The SMILES string of the molecule is CC1CCC(C(=O)N(c2cc(C#CC(C)(C)C)sc2C(=O)O)C2CCN(C(=O)OC(C)(C)C)CC2)CC1. The van der Waals surface area contributed by atoms with Gasteiger partial charge in [0.15, 0.2) is 0 Å². The molecule has 204 valence electrons. The van der Waals surface area contributed by atoms with Crippen LogP contribution in [0.2, 0.25) is 0 Å². The van der Waals surface area contributed by atoms with Crippen LogP contribution in [-0.4, -0.2) is 52.7 Å². The molecular weight excluding hydrogens is 488 g/mol. The van der Waals surface area contributed by atoms with Crippen LogP contribution >= 0.6 is 11.3 Å². The van der Waals surface area contributed by atoms with E-state index in [9.17, 15) is 19.5 Å². The van der Waals surface area contributed by atoms with Gasteiger partial charge >= 0.3 is 12.1 Å². The molecule has 0 spiro atoms. The maximum absolute atomic E-state index is 14.0. The van der Waals surface area contributed by atoms with Gasteiger partial charge in [-0.1, -0.05) is 18.8 Å². The lowest BCUT2D eigenvalue weighted by Gasteiger charge is -2.40. The van der Waals surface area contributed by atoms with E-state index in [2.05, 4.69) is 18.8 Å². The first kappa shape index (κ1) is 29.0. The predicted molar refractivity (Wildman–Crippen MR) is 147 cm³/mol. The number of carboxylic acids is 1. The summed E-state index contributed by atoms with van der Waals surface area (Å²) in [6, 6.07) is 1.58. The summed E-state index contributed by atoms with van der Waals surface area (Å²) in [7, 11) is 0. The van der Waals surface area contributed by atoms with Crippen molar-refractivity contribution in [3.8, 4) is 11.8 Å². The van der Waals surface area contributed by atoms with Gasteiger partial charge in [0, 0.05) is 30.5 Å². The second kappa shape index (κ2) is 11.5. The van der Waals surface area contributed by atoms with Crippen LogP contribution in [-0.2, 0) is 9.53 Å². The van der Waals surface area contributed by atoms with E-state index in [4.69, 9.17) is 4.74 Å². The van der Waals surface area contributed by atoms with Crippen molar-refractivity contribution in [3.05, 3.63) is 15.8 Å². The summed E-state index contributed by atoms with van der Waals surface area (Å²) >= 11 is 1.13. The Hall–Kier alpha value is -2.53. The lowest BCUT2D eigenvalue weighted by molar-refractivity contribution is -0.124. The van der Waals surface area contributed by atoms with E-state index >= 15 is 0 Å². The van der Waals surface area contributed by atoms with Gasteiger partial charge in [-0.3, -0.25) is 4.79 Å². The summed E-state index contributed by atoms with van der Waals surface area (Å²) in [5.74, 6) is 5.73. The average Bonchev–Trinajstić information content (AvgIpc) is 3.21. The van der Waals surface area contributed by atoms with Crippen molar-refractivity contribution in [2.45, 2.75) is 98.6 Å². The van der Waals surface area contributed by atoms with E-state index in [0.29, 0.717) is 42.4 Å². The van der Waals surface area contributed by atoms with Crippen LogP contribution in [0.3, 0.4) is 0 Å². The molecule has 1 N–H and O–H groups in total. The van der Waals surface area contributed by atoms with Crippen molar-refractivity contribution in [1.29, 1.82) is 0 Å². The lowest BCUT2D eigenvalue weighted by Crippen LogP contribution is -2.51. The van der Waals surface area contributed by atoms with Crippen LogP contribution in [0, 0.1) is 29.1 Å². The molecule has 3 rings (SSSR count). The number of likely N-dealkylation sites (tertiary alicyclic amines) is 1. The largest absolute Gasteiger partial charge is 0.477 e. The maximum atomic E-state index is 14.0. The van der Waals surface area contributed by atoms with Crippen molar-refractivity contribution in [2.24, 2.45) is 17.3 Å². The van der Waals surface area contributed by atoms with Crippen LogP contribution in [0.1, 0.15) is 102 Å². The number of carboxylic acid groups (broad SMARTS) is 1. The maximum Gasteiger partial charge on any atom is 0.410 e. The molecule has 7 nitrogen and oxygen atoms in total. The van der Waals surface area contributed by atoms with Gasteiger partial charge in [-0.05, 0) is 92.1 Å². The zero-order chi connectivity index (χ0) is 27.5. The molecule has 2 fully saturated rings.